The maximum atomic E-state index is 12.5. The summed E-state index contributed by atoms with van der Waals surface area (Å²) in [6.45, 7) is 3.94. The summed E-state index contributed by atoms with van der Waals surface area (Å²) < 4.78 is 30.2. The summed E-state index contributed by atoms with van der Waals surface area (Å²) in [5.74, 6) is -0.494. The molecule has 0 saturated carbocycles. The van der Waals surface area contributed by atoms with Crippen LogP contribution in [0.4, 0.5) is 5.13 Å². The lowest BCUT2D eigenvalue weighted by Crippen LogP contribution is -2.10. The number of benzene rings is 1. The van der Waals surface area contributed by atoms with Gasteiger partial charge in [-0.15, -0.1) is 10.2 Å². The molecule has 0 radical (unpaired) electrons. The van der Waals surface area contributed by atoms with E-state index in [2.05, 4.69) is 15.5 Å². The average Bonchev–Trinajstić information content (AvgIpc) is 3.25. The minimum Gasteiger partial charge on any atom is -0.439 e. The quantitative estimate of drug-likeness (QED) is 0.731. The van der Waals surface area contributed by atoms with E-state index < -0.39 is 15.7 Å². The molecule has 0 bridgehead atoms. The van der Waals surface area contributed by atoms with E-state index in [1.165, 1.54) is 35.6 Å². The molecule has 1 amide bonds. The molecular formula is C16H15N3O4S2. The van der Waals surface area contributed by atoms with Crippen molar-refractivity contribution >= 4 is 32.2 Å². The van der Waals surface area contributed by atoms with E-state index in [4.69, 9.17) is 4.42 Å². The third-order valence-corrected chi connectivity index (χ3v) is 6.06. The fourth-order valence-corrected chi connectivity index (χ4v) is 3.91. The van der Waals surface area contributed by atoms with Gasteiger partial charge in [0.25, 0.3) is 5.91 Å². The normalized spacial score (nSPS) is 11.6. The van der Waals surface area contributed by atoms with Gasteiger partial charge in [0.2, 0.25) is 20.1 Å². The number of amides is 1. The van der Waals surface area contributed by atoms with Gasteiger partial charge in [-0.05, 0) is 24.3 Å². The number of hydrogen-bond donors (Lipinski definition) is 1. The smallest absolute Gasteiger partial charge is 0.293 e. The van der Waals surface area contributed by atoms with Crippen LogP contribution < -0.4 is 5.32 Å². The van der Waals surface area contributed by atoms with Crippen LogP contribution in [0.15, 0.2) is 56.9 Å². The van der Waals surface area contributed by atoms with Gasteiger partial charge in [0.15, 0.2) is 5.76 Å². The number of furan rings is 1. The average molecular weight is 377 g/mol. The van der Waals surface area contributed by atoms with Crippen molar-refractivity contribution in [1.29, 1.82) is 0 Å². The Kier molecular flexibility index (Phi) is 4.69. The lowest BCUT2D eigenvalue weighted by atomic mass is 10.2. The first kappa shape index (κ1) is 17.3. The second kappa shape index (κ2) is 6.77. The van der Waals surface area contributed by atoms with Gasteiger partial charge in [0, 0.05) is 5.92 Å². The molecule has 3 rings (SSSR count). The largest absolute Gasteiger partial charge is 0.439 e. The number of aromatic nitrogens is 2. The monoisotopic (exact) mass is 377 g/mol. The summed E-state index contributed by atoms with van der Waals surface area (Å²) in [6.07, 6.45) is 0. The van der Waals surface area contributed by atoms with E-state index >= 15 is 0 Å². The zero-order valence-electron chi connectivity index (χ0n) is 13.5. The van der Waals surface area contributed by atoms with Crippen molar-refractivity contribution < 1.29 is 17.6 Å². The minimum atomic E-state index is -3.80. The zero-order valence-corrected chi connectivity index (χ0v) is 15.1. The molecule has 0 spiro atoms. The summed E-state index contributed by atoms with van der Waals surface area (Å²) in [5, 5.41) is 11.2. The van der Waals surface area contributed by atoms with Gasteiger partial charge >= 0.3 is 0 Å². The summed E-state index contributed by atoms with van der Waals surface area (Å²) in [7, 11) is -3.80. The fraction of sp³-hybridized carbons (Fsp3) is 0.188. The molecule has 25 heavy (non-hydrogen) atoms. The highest BCUT2D eigenvalue weighted by atomic mass is 32.2. The van der Waals surface area contributed by atoms with Crippen LogP contribution in [-0.2, 0) is 9.84 Å². The van der Waals surface area contributed by atoms with E-state index in [0.717, 1.165) is 5.01 Å². The number of anilines is 1. The Hall–Kier alpha value is -2.52. The van der Waals surface area contributed by atoms with Gasteiger partial charge in [-0.2, -0.15) is 0 Å². The minimum absolute atomic E-state index is 0.0991. The number of rotatable bonds is 5. The van der Waals surface area contributed by atoms with Crippen molar-refractivity contribution in [2.45, 2.75) is 29.8 Å². The van der Waals surface area contributed by atoms with E-state index in [9.17, 15) is 13.2 Å². The molecular weight excluding hydrogens is 362 g/mol. The van der Waals surface area contributed by atoms with E-state index in [0.29, 0.717) is 5.13 Å². The molecule has 130 valence electrons. The van der Waals surface area contributed by atoms with Crippen LogP contribution in [0, 0.1) is 0 Å². The summed E-state index contributed by atoms with van der Waals surface area (Å²) in [6, 6.07) is 10.5. The molecule has 2 aromatic heterocycles. The Balaban J connectivity index is 1.80. The van der Waals surface area contributed by atoms with Crippen LogP contribution in [0.25, 0.3) is 0 Å². The molecule has 0 saturated heterocycles. The molecule has 3 aromatic rings. The Morgan fingerprint density at radius 2 is 1.84 bits per heavy atom. The number of carbonyl (C=O) groups is 1. The SMILES string of the molecule is CC(C)c1nnc(NC(=O)c2ccc(S(=O)(=O)c3ccccc3)o2)s1. The van der Waals surface area contributed by atoms with Gasteiger partial charge in [-0.1, -0.05) is 43.4 Å². The first-order chi connectivity index (χ1) is 11.9. The second-order valence-corrected chi connectivity index (χ2v) is 8.38. The van der Waals surface area contributed by atoms with Crippen molar-refractivity contribution in [1.82, 2.24) is 10.2 Å². The Morgan fingerprint density at radius 3 is 2.48 bits per heavy atom. The summed E-state index contributed by atoms with van der Waals surface area (Å²) in [5.41, 5.74) is 0. The summed E-state index contributed by atoms with van der Waals surface area (Å²) >= 11 is 1.26. The number of carbonyl (C=O) groups excluding carboxylic acids is 1. The Bertz CT molecular complexity index is 991. The molecule has 0 aliphatic heterocycles. The first-order valence-electron chi connectivity index (χ1n) is 7.42. The lowest BCUT2D eigenvalue weighted by molar-refractivity contribution is 0.0991. The van der Waals surface area contributed by atoms with Crippen molar-refractivity contribution in [3.63, 3.8) is 0 Å². The number of hydrogen-bond acceptors (Lipinski definition) is 7. The van der Waals surface area contributed by atoms with Crippen LogP contribution in [-0.4, -0.2) is 24.5 Å². The fourth-order valence-electron chi connectivity index (χ4n) is 1.98. The number of sulfone groups is 1. The standard InChI is InChI=1S/C16H15N3O4S2/c1-10(2)15-18-19-16(24-15)17-14(20)12-8-9-13(23-12)25(21,22)11-6-4-3-5-7-11/h3-10H,1-2H3,(H,17,19,20). The second-order valence-electron chi connectivity index (χ2n) is 5.49. The van der Waals surface area contributed by atoms with Gasteiger partial charge in [0.05, 0.1) is 4.90 Å². The molecule has 0 fully saturated rings. The van der Waals surface area contributed by atoms with Gasteiger partial charge < -0.3 is 4.42 Å². The van der Waals surface area contributed by atoms with Crippen molar-refractivity contribution in [2.75, 3.05) is 5.32 Å². The topological polar surface area (TPSA) is 102 Å². The van der Waals surface area contributed by atoms with E-state index in [-0.39, 0.29) is 21.7 Å². The maximum absolute atomic E-state index is 12.5. The van der Waals surface area contributed by atoms with Crippen molar-refractivity contribution in [3.05, 3.63) is 53.2 Å². The highest BCUT2D eigenvalue weighted by Gasteiger charge is 2.23. The number of nitrogens with one attached hydrogen (secondary N) is 1. The van der Waals surface area contributed by atoms with Crippen molar-refractivity contribution in [3.8, 4) is 0 Å². The predicted molar refractivity (Wildman–Crippen MR) is 92.6 cm³/mol. The predicted octanol–water partition coefficient (Wildman–Crippen LogP) is 3.34. The number of nitrogens with zero attached hydrogens (tertiary/aromatic N) is 2. The zero-order chi connectivity index (χ0) is 18.0. The van der Waals surface area contributed by atoms with Crippen molar-refractivity contribution in [2.24, 2.45) is 0 Å². The molecule has 7 nitrogen and oxygen atoms in total. The molecule has 2 heterocycles. The molecule has 1 N–H and O–H groups in total. The van der Waals surface area contributed by atoms with E-state index in [1.54, 1.807) is 18.2 Å². The highest BCUT2D eigenvalue weighted by Crippen LogP contribution is 2.25. The molecule has 0 atom stereocenters. The Labute approximate surface area is 148 Å². The molecule has 9 heteroatoms. The van der Waals surface area contributed by atoms with Crippen LogP contribution >= 0.6 is 11.3 Å². The van der Waals surface area contributed by atoms with Crippen LogP contribution in [0.3, 0.4) is 0 Å². The third kappa shape index (κ3) is 3.62. The van der Waals surface area contributed by atoms with Gasteiger partial charge in [-0.3, -0.25) is 10.1 Å². The van der Waals surface area contributed by atoms with Crippen LogP contribution in [0.2, 0.25) is 0 Å². The van der Waals surface area contributed by atoms with E-state index in [1.807, 2.05) is 13.8 Å². The molecule has 0 aliphatic carbocycles. The van der Waals surface area contributed by atoms with Crippen LogP contribution in [0.1, 0.15) is 35.3 Å². The van der Waals surface area contributed by atoms with Gasteiger partial charge in [0.1, 0.15) is 5.01 Å². The third-order valence-electron chi connectivity index (χ3n) is 3.28. The maximum Gasteiger partial charge on any atom is 0.293 e. The van der Waals surface area contributed by atoms with Crippen LogP contribution in [0.5, 0.6) is 0 Å². The Morgan fingerprint density at radius 1 is 1.12 bits per heavy atom. The molecule has 0 aliphatic rings. The first-order valence-corrected chi connectivity index (χ1v) is 9.72. The lowest BCUT2D eigenvalue weighted by Gasteiger charge is -2.01. The van der Waals surface area contributed by atoms with Gasteiger partial charge in [-0.25, -0.2) is 8.42 Å². The molecule has 0 unspecified atom stereocenters. The summed E-state index contributed by atoms with van der Waals surface area (Å²) in [4.78, 5) is 12.3. The molecule has 1 aromatic carbocycles. The highest BCUT2D eigenvalue weighted by molar-refractivity contribution is 7.91.